The number of ether oxygens (including phenoxy) is 1. The average molecular weight is 493 g/mol. The molecule has 1 N–H and O–H groups in total. The molecular formula is C25H28N6O3S. The highest BCUT2D eigenvalue weighted by Gasteiger charge is 2.24. The van der Waals surface area contributed by atoms with Crippen LogP contribution < -0.4 is 15.6 Å². The van der Waals surface area contributed by atoms with E-state index in [1.165, 1.54) is 16.4 Å². The maximum absolute atomic E-state index is 13.1. The molecule has 0 fully saturated rings. The summed E-state index contributed by atoms with van der Waals surface area (Å²) >= 11 is 1.29. The first-order valence-electron chi connectivity index (χ1n) is 11.3. The van der Waals surface area contributed by atoms with E-state index in [9.17, 15) is 9.59 Å². The molecule has 10 heteroatoms. The fourth-order valence-electron chi connectivity index (χ4n) is 3.84. The van der Waals surface area contributed by atoms with Crippen molar-refractivity contribution in [2.24, 2.45) is 7.05 Å². The molecule has 1 atom stereocenters. The molecule has 0 saturated carbocycles. The number of hydrogen-bond donors (Lipinski definition) is 1. The number of benzene rings is 2. The highest BCUT2D eigenvalue weighted by molar-refractivity contribution is 8.00. The molecule has 2 aromatic carbocycles. The largest absolute Gasteiger partial charge is 0.496 e. The van der Waals surface area contributed by atoms with Crippen LogP contribution in [-0.4, -0.2) is 42.4 Å². The number of hydrogen-bond acceptors (Lipinski definition) is 6. The lowest BCUT2D eigenvalue weighted by Crippen LogP contribution is -2.27. The van der Waals surface area contributed by atoms with Crippen LogP contribution in [0.25, 0.3) is 17.1 Å². The minimum absolute atomic E-state index is 0.264. The summed E-state index contributed by atoms with van der Waals surface area (Å²) in [4.78, 5) is 26.2. The Morgan fingerprint density at radius 3 is 2.49 bits per heavy atom. The number of rotatable bonds is 8. The number of anilines is 1. The molecule has 0 bridgehead atoms. The van der Waals surface area contributed by atoms with Crippen LogP contribution in [0, 0.1) is 6.92 Å². The number of amides is 1. The second kappa shape index (κ2) is 10.2. The third-order valence-electron chi connectivity index (χ3n) is 5.83. The zero-order valence-electron chi connectivity index (χ0n) is 20.3. The van der Waals surface area contributed by atoms with Crippen LogP contribution in [0.1, 0.15) is 19.5 Å². The maximum Gasteiger partial charge on any atom is 0.295 e. The highest BCUT2D eigenvalue weighted by atomic mass is 32.2. The van der Waals surface area contributed by atoms with Gasteiger partial charge in [0, 0.05) is 13.6 Å². The molecule has 0 saturated heterocycles. The molecule has 4 rings (SSSR count). The Kier molecular flexibility index (Phi) is 7.11. The van der Waals surface area contributed by atoms with Gasteiger partial charge in [0.2, 0.25) is 5.91 Å². The summed E-state index contributed by atoms with van der Waals surface area (Å²) in [5, 5.41) is 11.6. The number of nitrogens with zero attached hydrogens (tertiary/aromatic N) is 5. The lowest BCUT2D eigenvalue weighted by atomic mass is 10.2. The standard InChI is InChI=1S/C25H28N6O3S/c1-6-30-22(19-14-10-11-15-20(19)34-5)27-28-25(30)35-17(3)23(32)26-21-16(2)29(4)31(24(21)33)18-12-8-7-9-13-18/h7-15,17H,6H2,1-5H3,(H,26,32). The Balaban J connectivity index is 1.57. The molecule has 0 aliphatic rings. The number of methoxy groups -OCH3 is 1. The van der Waals surface area contributed by atoms with Crippen LogP contribution in [0.5, 0.6) is 5.75 Å². The van der Waals surface area contributed by atoms with Crippen LogP contribution in [-0.2, 0) is 18.4 Å². The molecule has 182 valence electrons. The smallest absolute Gasteiger partial charge is 0.295 e. The van der Waals surface area contributed by atoms with Crippen LogP contribution in [0.3, 0.4) is 0 Å². The third-order valence-corrected chi connectivity index (χ3v) is 6.92. The van der Waals surface area contributed by atoms with Crippen molar-refractivity contribution < 1.29 is 9.53 Å². The summed E-state index contributed by atoms with van der Waals surface area (Å²) in [5.41, 5.74) is 2.21. The van der Waals surface area contributed by atoms with E-state index in [0.29, 0.717) is 29.0 Å². The lowest BCUT2D eigenvalue weighted by Gasteiger charge is -2.13. The predicted octanol–water partition coefficient (Wildman–Crippen LogP) is 3.89. The minimum Gasteiger partial charge on any atom is -0.496 e. The van der Waals surface area contributed by atoms with Gasteiger partial charge in [0.15, 0.2) is 11.0 Å². The van der Waals surface area contributed by atoms with Gasteiger partial charge in [0.25, 0.3) is 5.56 Å². The van der Waals surface area contributed by atoms with Gasteiger partial charge in [-0.1, -0.05) is 42.1 Å². The van der Waals surface area contributed by atoms with Gasteiger partial charge in [-0.05, 0) is 45.0 Å². The molecule has 0 spiro atoms. The molecule has 35 heavy (non-hydrogen) atoms. The highest BCUT2D eigenvalue weighted by Crippen LogP contribution is 2.32. The summed E-state index contributed by atoms with van der Waals surface area (Å²) in [7, 11) is 3.41. The molecule has 0 aliphatic heterocycles. The fraction of sp³-hybridized carbons (Fsp3) is 0.280. The van der Waals surface area contributed by atoms with Crippen molar-refractivity contribution in [3.8, 4) is 22.8 Å². The van der Waals surface area contributed by atoms with Gasteiger partial charge in [-0.25, -0.2) is 4.68 Å². The monoisotopic (exact) mass is 492 g/mol. The molecule has 1 amide bonds. The van der Waals surface area contributed by atoms with E-state index in [1.807, 2.05) is 73.0 Å². The fourth-order valence-corrected chi connectivity index (χ4v) is 4.75. The molecule has 2 heterocycles. The summed E-state index contributed by atoms with van der Waals surface area (Å²) in [5.74, 6) is 1.08. The second-order valence-corrected chi connectivity index (χ2v) is 9.24. The van der Waals surface area contributed by atoms with Crippen molar-refractivity contribution in [2.45, 2.75) is 37.7 Å². The minimum atomic E-state index is -0.515. The topological polar surface area (TPSA) is 96.0 Å². The van der Waals surface area contributed by atoms with Gasteiger partial charge >= 0.3 is 0 Å². The molecule has 4 aromatic rings. The predicted molar refractivity (Wildman–Crippen MR) is 137 cm³/mol. The first-order chi connectivity index (χ1) is 16.9. The molecule has 0 aliphatic carbocycles. The molecule has 2 aromatic heterocycles. The number of carbonyl (C=O) groups excluding carboxylic acids is 1. The maximum atomic E-state index is 13.1. The summed E-state index contributed by atoms with van der Waals surface area (Å²) in [6, 6.07) is 16.9. The number of carbonyl (C=O) groups is 1. The van der Waals surface area contributed by atoms with E-state index in [4.69, 9.17) is 4.74 Å². The zero-order chi connectivity index (χ0) is 25.1. The van der Waals surface area contributed by atoms with Gasteiger partial charge < -0.3 is 14.6 Å². The summed E-state index contributed by atoms with van der Waals surface area (Å²) in [6.45, 7) is 6.21. The van der Waals surface area contributed by atoms with Crippen molar-refractivity contribution in [1.82, 2.24) is 24.1 Å². The van der Waals surface area contributed by atoms with Crippen molar-refractivity contribution in [3.05, 3.63) is 70.6 Å². The quantitative estimate of drug-likeness (QED) is 0.375. The van der Waals surface area contributed by atoms with Gasteiger partial charge in [-0.15, -0.1) is 10.2 Å². The van der Waals surface area contributed by atoms with Crippen LogP contribution in [0.4, 0.5) is 5.69 Å². The average Bonchev–Trinajstić information content (AvgIpc) is 3.37. The van der Waals surface area contributed by atoms with Gasteiger partial charge in [-0.3, -0.25) is 14.3 Å². The van der Waals surface area contributed by atoms with Gasteiger partial charge in [-0.2, -0.15) is 0 Å². The van der Waals surface area contributed by atoms with Crippen LogP contribution in [0.15, 0.2) is 64.5 Å². The molecule has 9 nitrogen and oxygen atoms in total. The Morgan fingerprint density at radius 2 is 1.80 bits per heavy atom. The van der Waals surface area contributed by atoms with E-state index in [1.54, 1.807) is 25.8 Å². The lowest BCUT2D eigenvalue weighted by molar-refractivity contribution is -0.115. The SMILES string of the molecule is CCn1c(SC(C)C(=O)Nc2c(C)n(C)n(-c3ccccc3)c2=O)nnc1-c1ccccc1OC. The first kappa shape index (κ1) is 24.3. The van der Waals surface area contributed by atoms with Crippen molar-refractivity contribution in [3.63, 3.8) is 0 Å². The molecule has 0 radical (unpaired) electrons. The second-order valence-electron chi connectivity index (χ2n) is 7.94. The normalized spacial score (nSPS) is 11.9. The Hall–Kier alpha value is -3.79. The Bertz CT molecular complexity index is 1410. The van der Waals surface area contributed by atoms with Crippen LogP contribution in [0.2, 0.25) is 0 Å². The van der Waals surface area contributed by atoms with Crippen molar-refractivity contribution in [2.75, 3.05) is 12.4 Å². The van der Waals surface area contributed by atoms with Gasteiger partial charge in [0.1, 0.15) is 11.4 Å². The van der Waals surface area contributed by atoms with E-state index < -0.39 is 5.25 Å². The van der Waals surface area contributed by atoms with E-state index in [-0.39, 0.29) is 17.2 Å². The van der Waals surface area contributed by atoms with E-state index >= 15 is 0 Å². The van der Waals surface area contributed by atoms with Crippen LogP contribution >= 0.6 is 11.8 Å². The number of aromatic nitrogens is 5. The van der Waals surface area contributed by atoms with E-state index in [2.05, 4.69) is 15.5 Å². The Morgan fingerprint density at radius 1 is 1.11 bits per heavy atom. The number of para-hydroxylation sites is 2. The van der Waals surface area contributed by atoms with Crippen molar-refractivity contribution in [1.29, 1.82) is 0 Å². The Labute approximate surface area is 207 Å². The molecule has 1 unspecified atom stereocenters. The number of thioether (sulfide) groups is 1. The summed E-state index contributed by atoms with van der Waals surface area (Å²) in [6.07, 6.45) is 0. The third kappa shape index (κ3) is 4.61. The summed E-state index contributed by atoms with van der Waals surface area (Å²) < 4.78 is 10.7. The number of nitrogens with one attached hydrogen (secondary N) is 1. The van der Waals surface area contributed by atoms with Crippen molar-refractivity contribution >= 4 is 23.4 Å². The zero-order valence-corrected chi connectivity index (χ0v) is 21.2. The first-order valence-corrected chi connectivity index (χ1v) is 12.1. The van der Waals surface area contributed by atoms with Gasteiger partial charge in [0.05, 0.1) is 29.3 Å². The molecular weight excluding hydrogens is 464 g/mol. The van der Waals surface area contributed by atoms with E-state index in [0.717, 1.165) is 11.3 Å².